The molecule has 0 aliphatic heterocycles. The molecular weight excluding hydrogens is 326 g/mol. The molecule has 0 aliphatic carbocycles. The summed E-state index contributed by atoms with van der Waals surface area (Å²) in [6.45, 7) is 4.18. The third-order valence-electron chi connectivity index (χ3n) is 3.47. The van der Waals surface area contributed by atoms with Gasteiger partial charge in [-0.25, -0.2) is 4.99 Å². The number of guanidine groups is 1. The Kier molecular flexibility index (Phi) is 6.93. The number of aryl methyl sites for hydroxylation is 1. The molecule has 2 N–H and O–H groups in total. The SMILES string of the molecule is CCNC(=NCc1cnn(C)c1)NCCc1ccc(OC)cc1Cl. The Morgan fingerprint density at radius 1 is 1.38 bits per heavy atom. The van der Waals surface area contributed by atoms with Crippen molar-refractivity contribution >= 4 is 17.6 Å². The summed E-state index contributed by atoms with van der Waals surface area (Å²) in [6, 6.07) is 5.74. The first-order chi connectivity index (χ1) is 11.6. The van der Waals surface area contributed by atoms with E-state index in [9.17, 15) is 0 Å². The van der Waals surface area contributed by atoms with Crippen molar-refractivity contribution in [1.82, 2.24) is 20.4 Å². The molecule has 7 heteroatoms. The Bertz CT molecular complexity index is 683. The highest BCUT2D eigenvalue weighted by Crippen LogP contribution is 2.22. The maximum absolute atomic E-state index is 6.27. The second-order valence-electron chi connectivity index (χ2n) is 5.35. The molecule has 0 bridgehead atoms. The standard InChI is InChI=1S/C17H24ClN5O/c1-4-19-17(21-10-13-11-22-23(2)12-13)20-8-7-14-5-6-15(24-3)9-16(14)18/h5-6,9,11-12H,4,7-8,10H2,1-3H3,(H2,19,20,21). The van der Waals surface area contributed by atoms with Crippen LogP contribution < -0.4 is 15.4 Å². The van der Waals surface area contributed by atoms with E-state index in [2.05, 4.69) is 20.7 Å². The van der Waals surface area contributed by atoms with Gasteiger partial charge < -0.3 is 15.4 Å². The van der Waals surface area contributed by atoms with Crippen LogP contribution in [0.15, 0.2) is 35.6 Å². The highest BCUT2D eigenvalue weighted by atomic mass is 35.5. The van der Waals surface area contributed by atoms with Crippen LogP contribution in [-0.2, 0) is 20.0 Å². The summed E-state index contributed by atoms with van der Waals surface area (Å²) in [5.41, 5.74) is 2.15. The summed E-state index contributed by atoms with van der Waals surface area (Å²) in [6.07, 6.45) is 4.59. The van der Waals surface area contributed by atoms with Crippen LogP contribution in [0.5, 0.6) is 5.75 Å². The lowest BCUT2D eigenvalue weighted by molar-refractivity contribution is 0.414. The number of ether oxygens (including phenoxy) is 1. The van der Waals surface area contributed by atoms with Gasteiger partial charge in [-0.1, -0.05) is 17.7 Å². The number of hydrogen-bond donors (Lipinski definition) is 2. The van der Waals surface area contributed by atoms with Gasteiger partial charge in [0, 0.05) is 36.9 Å². The minimum atomic E-state index is 0.590. The molecule has 24 heavy (non-hydrogen) atoms. The maximum atomic E-state index is 6.27. The van der Waals surface area contributed by atoms with E-state index >= 15 is 0 Å². The number of benzene rings is 1. The number of aliphatic imine (C=N–C) groups is 1. The molecule has 6 nitrogen and oxygen atoms in total. The number of aromatic nitrogens is 2. The van der Waals surface area contributed by atoms with Crippen molar-refractivity contribution in [2.45, 2.75) is 19.9 Å². The van der Waals surface area contributed by atoms with Gasteiger partial charge in [0.1, 0.15) is 5.75 Å². The summed E-state index contributed by atoms with van der Waals surface area (Å²) in [5, 5.41) is 11.4. The minimum absolute atomic E-state index is 0.590. The van der Waals surface area contributed by atoms with Gasteiger partial charge in [0.2, 0.25) is 0 Å². The molecular formula is C17H24ClN5O. The Balaban J connectivity index is 1.89. The largest absolute Gasteiger partial charge is 0.497 e. The number of hydrogen-bond acceptors (Lipinski definition) is 3. The second-order valence-corrected chi connectivity index (χ2v) is 5.76. The first-order valence-electron chi connectivity index (χ1n) is 7.94. The van der Waals surface area contributed by atoms with Gasteiger partial charge in [-0.3, -0.25) is 4.68 Å². The van der Waals surface area contributed by atoms with Crippen molar-refractivity contribution in [3.63, 3.8) is 0 Å². The lowest BCUT2D eigenvalue weighted by Crippen LogP contribution is -2.38. The van der Waals surface area contributed by atoms with E-state index < -0.39 is 0 Å². The predicted molar refractivity (Wildman–Crippen MR) is 97.7 cm³/mol. The Hall–Kier alpha value is -2.21. The second kappa shape index (κ2) is 9.17. The molecule has 1 heterocycles. The Labute approximate surface area is 147 Å². The molecule has 0 saturated carbocycles. The smallest absolute Gasteiger partial charge is 0.191 e. The van der Waals surface area contributed by atoms with Crippen molar-refractivity contribution in [3.8, 4) is 5.75 Å². The van der Waals surface area contributed by atoms with E-state index in [4.69, 9.17) is 16.3 Å². The molecule has 0 radical (unpaired) electrons. The van der Waals surface area contributed by atoms with E-state index in [1.807, 2.05) is 44.6 Å². The summed E-state index contributed by atoms with van der Waals surface area (Å²) in [7, 11) is 3.53. The molecule has 0 amide bonds. The average Bonchev–Trinajstić information content (AvgIpc) is 2.99. The topological polar surface area (TPSA) is 63.5 Å². The molecule has 0 atom stereocenters. The molecule has 2 rings (SSSR count). The fourth-order valence-electron chi connectivity index (χ4n) is 2.24. The first-order valence-corrected chi connectivity index (χ1v) is 8.32. The van der Waals surface area contributed by atoms with E-state index in [-0.39, 0.29) is 0 Å². The number of rotatable bonds is 7. The summed E-state index contributed by atoms with van der Waals surface area (Å²) in [4.78, 5) is 4.57. The summed E-state index contributed by atoms with van der Waals surface area (Å²) in [5.74, 6) is 1.55. The molecule has 1 aromatic carbocycles. The molecule has 1 aromatic heterocycles. The van der Waals surface area contributed by atoms with Crippen LogP contribution in [0.25, 0.3) is 0 Å². The van der Waals surface area contributed by atoms with Gasteiger partial charge in [0.05, 0.1) is 19.9 Å². The Morgan fingerprint density at radius 2 is 2.21 bits per heavy atom. The van der Waals surface area contributed by atoms with E-state index in [1.165, 1.54) is 0 Å². The molecule has 0 spiro atoms. The van der Waals surface area contributed by atoms with Gasteiger partial charge in [-0.05, 0) is 31.0 Å². The highest BCUT2D eigenvalue weighted by Gasteiger charge is 2.04. The highest BCUT2D eigenvalue weighted by molar-refractivity contribution is 6.31. The van der Waals surface area contributed by atoms with E-state index in [0.717, 1.165) is 42.3 Å². The fraction of sp³-hybridized carbons (Fsp3) is 0.412. The lowest BCUT2D eigenvalue weighted by Gasteiger charge is -2.12. The van der Waals surface area contributed by atoms with Gasteiger partial charge in [0.15, 0.2) is 5.96 Å². The van der Waals surface area contributed by atoms with Crippen LogP contribution in [0.3, 0.4) is 0 Å². The van der Waals surface area contributed by atoms with Crippen molar-refractivity contribution in [1.29, 1.82) is 0 Å². The van der Waals surface area contributed by atoms with Crippen molar-refractivity contribution in [2.75, 3.05) is 20.2 Å². The van der Waals surface area contributed by atoms with Crippen molar-refractivity contribution in [2.24, 2.45) is 12.0 Å². The maximum Gasteiger partial charge on any atom is 0.191 e. The third kappa shape index (κ3) is 5.45. The predicted octanol–water partition coefficient (Wildman–Crippen LogP) is 2.38. The third-order valence-corrected chi connectivity index (χ3v) is 3.82. The zero-order valence-corrected chi connectivity index (χ0v) is 15.1. The molecule has 130 valence electrons. The van der Waals surface area contributed by atoms with Crippen LogP contribution in [0.4, 0.5) is 0 Å². The number of nitrogens with zero attached hydrogens (tertiary/aromatic N) is 3. The van der Waals surface area contributed by atoms with Crippen LogP contribution >= 0.6 is 11.6 Å². The number of methoxy groups -OCH3 is 1. The molecule has 0 fully saturated rings. The van der Waals surface area contributed by atoms with Crippen LogP contribution in [-0.4, -0.2) is 35.9 Å². The monoisotopic (exact) mass is 349 g/mol. The van der Waals surface area contributed by atoms with Crippen LogP contribution in [0, 0.1) is 0 Å². The lowest BCUT2D eigenvalue weighted by atomic mass is 10.1. The molecule has 0 aliphatic rings. The molecule has 0 unspecified atom stereocenters. The van der Waals surface area contributed by atoms with E-state index in [0.29, 0.717) is 11.6 Å². The van der Waals surface area contributed by atoms with Crippen molar-refractivity contribution in [3.05, 3.63) is 46.7 Å². The number of nitrogens with one attached hydrogen (secondary N) is 2. The van der Waals surface area contributed by atoms with Gasteiger partial charge in [-0.2, -0.15) is 5.10 Å². The Morgan fingerprint density at radius 3 is 2.83 bits per heavy atom. The molecule has 0 saturated heterocycles. The van der Waals surface area contributed by atoms with Gasteiger partial charge in [0.25, 0.3) is 0 Å². The van der Waals surface area contributed by atoms with Crippen LogP contribution in [0.2, 0.25) is 5.02 Å². The minimum Gasteiger partial charge on any atom is -0.497 e. The molecule has 2 aromatic rings. The van der Waals surface area contributed by atoms with E-state index in [1.54, 1.807) is 11.8 Å². The zero-order valence-electron chi connectivity index (χ0n) is 14.3. The zero-order chi connectivity index (χ0) is 17.4. The van der Waals surface area contributed by atoms with Gasteiger partial charge in [-0.15, -0.1) is 0 Å². The summed E-state index contributed by atoms with van der Waals surface area (Å²) < 4.78 is 6.94. The normalized spacial score (nSPS) is 11.4. The number of halogens is 1. The quantitative estimate of drug-likeness (QED) is 0.595. The summed E-state index contributed by atoms with van der Waals surface area (Å²) >= 11 is 6.27. The average molecular weight is 350 g/mol. The fourth-order valence-corrected chi connectivity index (χ4v) is 2.50. The van der Waals surface area contributed by atoms with Gasteiger partial charge >= 0.3 is 0 Å². The van der Waals surface area contributed by atoms with Crippen molar-refractivity contribution < 1.29 is 4.74 Å². The van der Waals surface area contributed by atoms with Crippen LogP contribution in [0.1, 0.15) is 18.1 Å². The first kappa shape index (κ1) is 18.1.